The first-order valence-corrected chi connectivity index (χ1v) is 6.31. The van der Waals surface area contributed by atoms with E-state index in [4.69, 9.17) is 4.52 Å². The summed E-state index contributed by atoms with van der Waals surface area (Å²) in [6, 6.07) is 1.88. The molecule has 0 amide bonds. The number of nitrogens with zero attached hydrogens (tertiary/aromatic N) is 2. The van der Waals surface area contributed by atoms with E-state index in [-0.39, 0.29) is 0 Å². The predicted molar refractivity (Wildman–Crippen MR) is 62.7 cm³/mol. The van der Waals surface area contributed by atoms with Crippen molar-refractivity contribution in [2.75, 3.05) is 5.32 Å². The van der Waals surface area contributed by atoms with Crippen LogP contribution in [0.25, 0.3) is 0 Å². The van der Waals surface area contributed by atoms with E-state index in [0.29, 0.717) is 0 Å². The second-order valence-electron chi connectivity index (χ2n) is 4.13. The summed E-state index contributed by atoms with van der Waals surface area (Å²) in [6.07, 6.45) is 2.62. The largest absolute Gasteiger partial charge is 0.362 e. The van der Waals surface area contributed by atoms with Crippen LogP contribution >= 0.6 is 11.3 Å². The zero-order valence-electron chi connectivity index (χ0n) is 9.06. The lowest BCUT2D eigenvalue weighted by Crippen LogP contribution is -1.99. The zero-order valence-corrected chi connectivity index (χ0v) is 9.88. The molecule has 1 aliphatic carbocycles. The molecule has 0 saturated heterocycles. The van der Waals surface area contributed by atoms with E-state index in [2.05, 4.69) is 20.8 Å². The quantitative estimate of drug-likeness (QED) is 0.885. The van der Waals surface area contributed by atoms with Crippen LogP contribution in [-0.2, 0) is 6.54 Å². The van der Waals surface area contributed by atoms with Gasteiger partial charge in [0.1, 0.15) is 5.76 Å². The van der Waals surface area contributed by atoms with E-state index in [9.17, 15) is 0 Å². The molecule has 0 aliphatic heterocycles. The molecule has 5 heteroatoms. The fraction of sp³-hybridized carbons (Fsp3) is 0.455. The van der Waals surface area contributed by atoms with Crippen molar-refractivity contribution in [3.05, 3.63) is 27.9 Å². The normalized spacial score (nSPS) is 15.3. The van der Waals surface area contributed by atoms with Gasteiger partial charge in [0.25, 0.3) is 0 Å². The summed E-state index contributed by atoms with van der Waals surface area (Å²) in [4.78, 5) is 4.59. The Kier molecular flexibility index (Phi) is 2.40. The molecular weight excluding hydrogens is 222 g/mol. The number of rotatable bonds is 4. The summed E-state index contributed by atoms with van der Waals surface area (Å²) in [5.74, 6) is 2.34. The van der Waals surface area contributed by atoms with Crippen molar-refractivity contribution in [2.24, 2.45) is 0 Å². The smallest absolute Gasteiger partial charge is 0.169 e. The number of anilines is 1. The van der Waals surface area contributed by atoms with E-state index in [0.717, 1.165) is 29.7 Å². The maximum absolute atomic E-state index is 4.98. The molecule has 0 aromatic carbocycles. The molecule has 1 aliphatic rings. The summed E-state index contributed by atoms with van der Waals surface area (Å²) in [5.41, 5.74) is 1.09. The topological polar surface area (TPSA) is 51.0 Å². The summed E-state index contributed by atoms with van der Waals surface area (Å²) in [5, 5.41) is 10.5. The zero-order chi connectivity index (χ0) is 11.0. The van der Waals surface area contributed by atoms with Crippen molar-refractivity contribution in [1.82, 2.24) is 10.1 Å². The SMILES string of the molecule is Cc1cc(NCc2csc(C3CC3)n2)no1. The van der Waals surface area contributed by atoms with Crippen LogP contribution in [0.15, 0.2) is 16.0 Å². The number of aromatic nitrogens is 2. The van der Waals surface area contributed by atoms with E-state index >= 15 is 0 Å². The van der Waals surface area contributed by atoms with Gasteiger partial charge >= 0.3 is 0 Å². The monoisotopic (exact) mass is 235 g/mol. The van der Waals surface area contributed by atoms with Gasteiger partial charge in [0.05, 0.1) is 17.2 Å². The van der Waals surface area contributed by atoms with Gasteiger partial charge in [-0.05, 0) is 19.8 Å². The third-order valence-electron chi connectivity index (χ3n) is 2.57. The molecule has 2 aromatic heterocycles. The van der Waals surface area contributed by atoms with Gasteiger partial charge in [0, 0.05) is 17.4 Å². The van der Waals surface area contributed by atoms with Crippen LogP contribution in [-0.4, -0.2) is 10.1 Å². The van der Waals surface area contributed by atoms with E-state index < -0.39 is 0 Å². The average Bonchev–Trinajstić information content (AvgIpc) is 2.87. The van der Waals surface area contributed by atoms with Gasteiger partial charge in [-0.3, -0.25) is 0 Å². The first kappa shape index (κ1) is 9.84. The highest BCUT2D eigenvalue weighted by Gasteiger charge is 2.26. The van der Waals surface area contributed by atoms with Crippen molar-refractivity contribution >= 4 is 17.2 Å². The van der Waals surface area contributed by atoms with Crippen LogP contribution in [0.5, 0.6) is 0 Å². The van der Waals surface area contributed by atoms with Gasteiger partial charge < -0.3 is 9.84 Å². The maximum atomic E-state index is 4.98. The number of nitrogens with one attached hydrogen (secondary N) is 1. The second-order valence-corrected chi connectivity index (χ2v) is 5.02. The molecule has 3 rings (SSSR count). The van der Waals surface area contributed by atoms with Gasteiger partial charge in [0.15, 0.2) is 5.82 Å². The minimum Gasteiger partial charge on any atom is -0.362 e. The standard InChI is InChI=1S/C11H13N3OS/c1-7-4-10(14-15-7)12-5-9-6-16-11(13-9)8-2-3-8/h4,6,8H,2-3,5H2,1H3,(H,12,14). The lowest BCUT2D eigenvalue weighted by atomic mass is 10.4. The van der Waals surface area contributed by atoms with E-state index in [1.54, 1.807) is 11.3 Å². The minimum atomic E-state index is 0.717. The predicted octanol–water partition coefficient (Wildman–Crippen LogP) is 2.93. The number of hydrogen-bond donors (Lipinski definition) is 1. The second kappa shape index (κ2) is 3.90. The summed E-state index contributed by atoms with van der Waals surface area (Å²) in [6.45, 7) is 2.60. The highest BCUT2D eigenvalue weighted by atomic mass is 32.1. The lowest BCUT2D eigenvalue weighted by molar-refractivity contribution is 0.399. The van der Waals surface area contributed by atoms with Crippen molar-refractivity contribution < 1.29 is 4.52 Å². The molecule has 1 N–H and O–H groups in total. The number of aryl methyl sites for hydroxylation is 1. The molecular formula is C11H13N3OS. The lowest BCUT2D eigenvalue weighted by Gasteiger charge is -1.97. The number of hydrogen-bond acceptors (Lipinski definition) is 5. The van der Waals surface area contributed by atoms with Crippen molar-refractivity contribution in [1.29, 1.82) is 0 Å². The molecule has 1 fully saturated rings. The van der Waals surface area contributed by atoms with Crippen molar-refractivity contribution in [3.8, 4) is 0 Å². The van der Waals surface area contributed by atoms with Gasteiger partial charge in [-0.1, -0.05) is 5.16 Å². The Morgan fingerprint density at radius 1 is 1.56 bits per heavy atom. The molecule has 0 spiro atoms. The van der Waals surface area contributed by atoms with Crippen LogP contribution < -0.4 is 5.32 Å². The molecule has 2 aromatic rings. The molecule has 84 valence electrons. The fourth-order valence-electron chi connectivity index (χ4n) is 1.55. The Morgan fingerprint density at radius 2 is 2.44 bits per heavy atom. The van der Waals surface area contributed by atoms with Gasteiger partial charge in [-0.25, -0.2) is 4.98 Å². The molecule has 2 heterocycles. The molecule has 1 saturated carbocycles. The van der Waals surface area contributed by atoms with Gasteiger partial charge in [-0.15, -0.1) is 11.3 Å². The van der Waals surface area contributed by atoms with Crippen LogP contribution in [0, 0.1) is 6.92 Å². The summed E-state index contributed by atoms with van der Waals surface area (Å²) < 4.78 is 4.98. The van der Waals surface area contributed by atoms with Crippen molar-refractivity contribution in [2.45, 2.75) is 32.2 Å². The maximum Gasteiger partial charge on any atom is 0.169 e. The van der Waals surface area contributed by atoms with Gasteiger partial charge in [0.2, 0.25) is 0 Å². The Balaban J connectivity index is 1.61. The average molecular weight is 235 g/mol. The third-order valence-corrected chi connectivity index (χ3v) is 3.63. The molecule has 0 unspecified atom stereocenters. The highest BCUT2D eigenvalue weighted by molar-refractivity contribution is 7.09. The van der Waals surface area contributed by atoms with Crippen molar-refractivity contribution in [3.63, 3.8) is 0 Å². The minimum absolute atomic E-state index is 0.717. The molecule has 0 radical (unpaired) electrons. The number of thiazole rings is 1. The molecule has 0 bridgehead atoms. The summed E-state index contributed by atoms with van der Waals surface area (Å²) >= 11 is 1.77. The molecule has 0 atom stereocenters. The van der Waals surface area contributed by atoms with Crippen LogP contribution in [0.1, 0.15) is 35.2 Å². The Labute approximate surface area is 97.7 Å². The first-order chi connectivity index (χ1) is 7.81. The fourth-order valence-corrected chi connectivity index (χ4v) is 2.54. The Hall–Kier alpha value is -1.36. The third kappa shape index (κ3) is 2.09. The molecule has 16 heavy (non-hydrogen) atoms. The Bertz CT molecular complexity index is 487. The Morgan fingerprint density at radius 3 is 3.12 bits per heavy atom. The molecule has 4 nitrogen and oxygen atoms in total. The van der Waals surface area contributed by atoms with Crippen LogP contribution in [0.3, 0.4) is 0 Å². The van der Waals surface area contributed by atoms with E-state index in [1.807, 2.05) is 13.0 Å². The van der Waals surface area contributed by atoms with Gasteiger partial charge in [-0.2, -0.15) is 0 Å². The van der Waals surface area contributed by atoms with Crippen LogP contribution in [0.4, 0.5) is 5.82 Å². The van der Waals surface area contributed by atoms with Crippen LogP contribution in [0.2, 0.25) is 0 Å². The highest BCUT2D eigenvalue weighted by Crippen LogP contribution is 2.41. The summed E-state index contributed by atoms with van der Waals surface area (Å²) in [7, 11) is 0. The van der Waals surface area contributed by atoms with E-state index in [1.165, 1.54) is 17.8 Å². The first-order valence-electron chi connectivity index (χ1n) is 5.43.